The molecular weight excluding hydrogens is 608 g/mol. The van der Waals surface area contributed by atoms with Gasteiger partial charge in [-0.3, -0.25) is 9.69 Å². The first-order chi connectivity index (χ1) is 22.7. The number of piperazine rings is 1. The molecule has 10 atom stereocenters. The van der Waals surface area contributed by atoms with Gasteiger partial charge in [-0.2, -0.15) is 0 Å². The van der Waals surface area contributed by atoms with Gasteiger partial charge in [-0.05, 0) is 82.3 Å². The highest BCUT2D eigenvalue weighted by Crippen LogP contribution is 2.36. The number of ether oxygens (including phenoxy) is 3. The van der Waals surface area contributed by atoms with Crippen LogP contribution in [0, 0.1) is 23.7 Å². The number of aliphatic hydroxyl groups excluding tert-OH is 1. The fraction of sp³-hybridized carbons (Fsp3) is 0.795. The Balaban J connectivity index is 1.41. The Morgan fingerprint density at radius 2 is 1.83 bits per heavy atom. The van der Waals surface area contributed by atoms with Gasteiger partial charge in [-0.1, -0.05) is 58.9 Å². The fourth-order valence-electron chi connectivity index (χ4n) is 7.84. The number of hydrogen-bond acceptors (Lipinski definition) is 7. The molecule has 0 aromatic heterocycles. The van der Waals surface area contributed by atoms with E-state index in [9.17, 15) is 19.8 Å². The lowest BCUT2D eigenvalue weighted by Gasteiger charge is -2.46. The highest BCUT2D eigenvalue weighted by Gasteiger charge is 2.45. The summed E-state index contributed by atoms with van der Waals surface area (Å²) in [5.74, 6) is -0.0346. The normalized spacial score (nSPS) is 36.0. The maximum atomic E-state index is 13.4. The summed E-state index contributed by atoms with van der Waals surface area (Å²) in [6.07, 6.45) is 14.9. The van der Waals surface area contributed by atoms with E-state index in [1.165, 1.54) is 32.4 Å². The van der Waals surface area contributed by atoms with Crippen molar-refractivity contribution in [3.63, 3.8) is 0 Å². The Morgan fingerprint density at radius 3 is 2.50 bits per heavy atom. The molecule has 3 saturated heterocycles. The summed E-state index contributed by atoms with van der Waals surface area (Å²) in [5.41, 5.74) is -0.368. The molecule has 0 aromatic rings. The lowest BCUT2D eigenvalue weighted by atomic mass is 9.87. The quantitative estimate of drug-likeness (QED) is 0.0989. The van der Waals surface area contributed by atoms with Crippen LogP contribution in [0.15, 0.2) is 36.0 Å². The van der Waals surface area contributed by atoms with Crippen LogP contribution in [0.5, 0.6) is 0 Å². The van der Waals surface area contributed by atoms with Crippen LogP contribution in [0.25, 0.3) is 0 Å². The number of quaternary nitrogens is 1. The smallest absolute Gasteiger partial charge is 0.410 e. The summed E-state index contributed by atoms with van der Waals surface area (Å²) in [4.78, 5) is 28.3. The number of hydrogen-bond donors (Lipinski definition) is 2. The minimum absolute atomic E-state index is 0.00546. The minimum atomic E-state index is -1.28. The van der Waals surface area contributed by atoms with E-state index >= 15 is 0 Å². The Hall–Kier alpha value is -2.20. The van der Waals surface area contributed by atoms with E-state index in [2.05, 4.69) is 19.9 Å². The van der Waals surface area contributed by atoms with Gasteiger partial charge in [0.15, 0.2) is 6.10 Å². The van der Waals surface area contributed by atoms with Crippen LogP contribution < -0.4 is 0 Å². The second kappa shape index (κ2) is 17.1. The van der Waals surface area contributed by atoms with Crippen molar-refractivity contribution in [3.8, 4) is 0 Å². The Labute approximate surface area is 289 Å². The number of carbonyl (C=O) groups excluding carboxylic acids is 2. The zero-order valence-corrected chi connectivity index (χ0v) is 30.8. The molecule has 0 saturated carbocycles. The lowest BCUT2D eigenvalue weighted by Crippen LogP contribution is -2.62. The predicted octanol–water partition coefficient (Wildman–Crippen LogP) is 6.19. The van der Waals surface area contributed by atoms with Gasteiger partial charge >= 0.3 is 12.1 Å². The molecule has 4 aliphatic heterocycles. The van der Waals surface area contributed by atoms with Crippen LogP contribution in [0.2, 0.25) is 0 Å². The molecule has 4 aliphatic rings. The van der Waals surface area contributed by atoms with E-state index in [-0.39, 0.29) is 60.5 Å². The summed E-state index contributed by atoms with van der Waals surface area (Å²) in [5, 5.41) is 21.8. The summed E-state index contributed by atoms with van der Waals surface area (Å²) < 4.78 is 19.1. The van der Waals surface area contributed by atoms with Crippen molar-refractivity contribution in [1.29, 1.82) is 0 Å². The number of carbonyl (C=O) groups is 2. The van der Waals surface area contributed by atoms with Crippen LogP contribution >= 0.6 is 0 Å². The maximum Gasteiger partial charge on any atom is 0.410 e. The highest BCUT2D eigenvalue weighted by molar-refractivity contribution is 5.70. The molecule has 1 spiro atoms. The van der Waals surface area contributed by atoms with Gasteiger partial charge in [0.25, 0.3) is 0 Å². The molecule has 1 amide bonds. The first-order valence-corrected chi connectivity index (χ1v) is 18.8. The monoisotopic (exact) mass is 673 g/mol. The molecule has 9 nitrogen and oxygen atoms in total. The molecule has 9 heteroatoms. The number of rotatable bonds is 9. The van der Waals surface area contributed by atoms with Crippen molar-refractivity contribution in [2.24, 2.45) is 23.7 Å². The molecule has 0 radical (unpaired) electrons. The van der Waals surface area contributed by atoms with E-state index in [4.69, 9.17) is 14.2 Å². The van der Waals surface area contributed by atoms with E-state index in [1.807, 2.05) is 45.9 Å². The number of epoxide rings is 1. The Kier molecular flexibility index (Phi) is 13.8. The van der Waals surface area contributed by atoms with Crippen LogP contribution in [0.3, 0.4) is 0 Å². The highest BCUT2D eigenvalue weighted by atomic mass is 16.6. The molecular formula is C39H65N2O7+. The number of piperidine rings is 1. The Morgan fingerprint density at radius 1 is 1.15 bits per heavy atom. The largest absolute Gasteiger partial charge is 0.457 e. The van der Waals surface area contributed by atoms with E-state index in [0.29, 0.717) is 25.9 Å². The van der Waals surface area contributed by atoms with Gasteiger partial charge < -0.3 is 28.9 Å². The fourth-order valence-corrected chi connectivity index (χ4v) is 7.84. The molecule has 2 N–H and O–H groups in total. The van der Waals surface area contributed by atoms with Crippen molar-refractivity contribution < 1.29 is 38.5 Å². The van der Waals surface area contributed by atoms with Crippen LogP contribution in [-0.4, -0.2) is 107 Å². The first kappa shape index (κ1) is 38.6. The van der Waals surface area contributed by atoms with E-state index in [0.717, 1.165) is 36.0 Å². The molecule has 3 fully saturated rings. The predicted molar refractivity (Wildman–Crippen MR) is 188 cm³/mol. The van der Waals surface area contributed by atoms with Gasteiger partial charge in [-0.15, -0.1) is 0 Å². The van der Waals surface area contributed by atoms with Gasteiger partial charge in [-0.25, -0.2) is 4.79 Å². The molecule has 0 aromatic carbocycles. The molecule has 4 rings (SSSR count). The molecule has 48 heavy (non-hydrogen) atoms. The zero-order valence-electron chi connectivity index (χ0n) is 30.8. The van der Waals surface area contributed by atoms with Gasteiger partial charge in [0.05, 0.1) is 57.6 Å². The van der Waals surface area contributed by atoms with Gasteiger partial charge in [0.2, 0.25) is 0 Å². The average Bonchev–Trinajstić information content (AvgIpc) is 3.82. The number of cyclic esters (lactones) is 1. The zero-order chi connectivity index (χ0) is 35.1. The summed E-state index contributed by atoms with van der Waals surface area (Å²) in [6, 6.07) is 0. The van der Waals surface area contributed by atoms with E-state index in [1.54, 1.807) is 17.9 Å². The van der Waals surface area contributed by atoms with Crippen molar-refractivity contribution in [2.75, 3.05) is 39.3 Å². The third kappa shape index (κ3) is 10.6. The SMILES string of the molecule is CC[C@H](O)[C@@H](C)[C@H]1O[C@@H]1C[C@H](C)/C=C/C=C(\C)[C@H]1OC(=O)C[C@H](C)CC[C@@](C)(O)[C@@H](OC(=O)N2CC[N+]3(CCCCC3)CC2)/C=C/[C@@H]1C. The molecule has 0 bridgehead atoms. The summed E-state index contributed by atoms with van der Waals surface area (Å²) in [6.45, 7) is 19.6. The van der Waals surface area contributed by atoms with Crippen molar-refractivity contribution >= 4 is 12.1 Å². The van der Waals surface area contributed by atoms with Crippen molar-refractivity contribution in [3.05, 3.63) is 36.0 Å². The number of allylic oxidation sites excluding steroid dienone is 3. The number of amides is 1. The lowest BCUT2D eigenvalue weighted by molar-refractivity contribution is -0.935. The van der Waals surface area contributed by atoms with Crippen molar-refractivity contribution in [2.45, 2.75) is 136 Å². The van der Waals surface area contributed by atoms with Crippen LogP contribution in [-0.2, 0) is 19.0 Å². The third-order valence-corrected chi connectivity index (χ3v) is 11.6. The minimum Gasteiger partial charge on any atom is -0.457 e. The summed E-state index contributed by atoms with van der Waals surface area (Å²) in [7, 11) is 0. The second-order valence-electron chi connectivity index (χ2n) is 15.9. The second-order valence-corrected chi connectivity index (χ2v) is 15.9. The van der Waals surface area contributed by atoms with Crippen LogP contribution in [0.4, 0.5) is 4.79 Å². The molecule has 272 valence electrons. The number of nitrogens with zero attached hydrogens (tertiary/aromatic N) is 2. The standard InChI is InChI=1S/C39H65N2O7/c1-8-32(42)31(6)37-33(46-37)25-27(2)13-12-14-29(4)36-30(5)15-16-34(39(7,45)18-17-28(3)26-35(43)48-36)47-38(44)40-19-23-41(24-20-40)21-10-9-11-22-41/h12-16,27-28,30-34,36-37,42,45H,8-11,17-26H2,1-7H3/q+1/b13-12+,16-15+,29-14+/t27-,28-,30+,31-,32+,33-,34+,36-,37-,39-/m1/s1. The molecule has 4 heterocycles. The first-order valence-electron chi connectivity index (χ1n) is 18.8. The third-order valence-electron chi connectivity index (χ3n) is 11.6. The summed E-state index contributed by atoms with van der Waals surface area (Å²) >= 11 is 0. The van der Waals surface area contributed by atoms with Gasteiger partial charge in [0, 0.05) is 18.3 Å². The van der Waals surface area contributed by atoms with Gasteiger partial charge in [0.1, 0.15) is 11.7 Å². The van der Waals surface area contributed by atoms with E-state index < -0.39 is 17.8 Å². The topological polar surface area (TPSA) is 109 Å². The van der Waals surface area contributed by atoms with Crippen molar-refractivity contribution in [1.82, 2.24) is 4.90 Å². The number of aliphatic hydroxyl groups is 2. The maximum absolute atomic E-state index is 13.4. The Bertz CT molecular complexity index is 1150. The number of esters is 1. The average molecular weight is 674 g/mol. The molecule has 0 unspecified atom stereocenters. The molecule has 0 aliphatic carbocycles. The van der Waals surface area contributed by atoms with Crippen LogP contribution in [0.1, 0.15) is 99.8 Å².